The van der Waals surface area contributed by atoms with Crippen LogP contribution in [0.3, 0.4) is 0 Å². The van der Waals surface area contributed by atoms with Crippen LogP contribution in [0.2, 0.25) is 0 Å². The summed E-state index contributed by atoms with van der Waals surface area (Å²) < 4.78 is 5.72. The van der Waals surface area contributed by atoms with Crippen molar-refractivity contribution in [1.29, 1.82) is 0 Å². The quantitative estimate of drug-likeness (QED) is 0.781. The van der Waals surface area contributed by atoms with Crippen LogP contribution in [0.1, 0.15) is 58.1 Å². The molecule has 4 nitrogen and oxygen atoms in total. The molecule has 0 radical (unpaired) electrons. The summed E-state index contributed by atoms with van der Waals surface area (Å²) in [6, 6.07) is 7.98. The Morgan fingerprint density at radius 3 is 2.67 bits per heavy atom. The second kappa shape index (κ2) is 10.6. The second-order valence-corrected chi connectivity index (χ2v) is 6.76. The number of hydrogen-bond acceptors (Lipinski definition) is 3. The third kappa shape index (κ3) is 7.10. The standard InChI is InChI=1S/C19H30N2O2.ClH/c1-14(2)23-18-6-4-5-17(13-18)15(3)21-19(22)8-7-16-9-11-20-12-10-16;/h4-6,13-16,20H,7-12H2,1-3H3,(H,21,22);1H. The molecule has 0 spiro atoms. The fraction of sp³-hybridized carbons (Fsp3) is 0.632. The molecule has 24 heavy (non-hydrogen) atoms. The molecule has 2 N–H and O–H groups in total. The molecule has 2 rings (SSSR count). The van der Waals surface area contributed by atoms with Crippen LogP contribution in [0.25, 0.3) is 0 Å². The van der Waals surface area contributed by atoms with Crippen molar-refractivity contribution in [3.05, 3.63) is 29.8 Å². The second-order valence-electron chi connectivity index (χ2n) is 6.76. The first-order chi connectivity index (χ1) is 11.0. The van der Waals surface area contributed by atoms with Crippen LogP contribution in [-0.4, -0.2) is 25.1 Å². The summed E-state index contributed by atoms with van der Waals surface area (Å²) in [5, 5.41) is 6.47. The summed E-state index contributed by atoms with van der Waals surface area (Å²) in [6.07, 6.45) is 4.16. The van der Waals surface area contributed by atoms with Gasteiger partial charge in [0.2, 0.25) is 5.91 Å². The van der Waals surface area contributed by atoms with Crippen molar-refractivity contribution in [3.63, 3.8) is 0 Å². The number of carbonyl (C=O) groups is 1. The Morgan fingerprint density at radius 1 is 1.29 bits per heavy atom. The number of amides is 1. The molecule has 0 bridgehead atoms. The van der Waals surface area contributed by atoms with Gasteiger partial charge in [-0.25, -0.2) is 0 Å². The van der Waals surface area contributed by atoms with Gasteiger partial charge in [0.05, 0.1) is 12.1 Å². The molecule has 0 aromatic heterocycles. The van der Waals surface area contributed by atoms with Crippen LogP contribution in [0.4, 0.5) is 0 Å². The van der Waals surface area contributed by atoms with Crippen LogP contribution in [0.15, 0.2) is 24.3 Å². The van der Waals surface area contributed by atoms with Gasteiger partial charge in [-0.15, -0.1) is 12.4 Å². The summed E-state index contributed by atoms with van der Waals surface area (Å²) in [5.41, 5.74) is 1.08. The first-order valence-electron chi connectivity index (χ1n) is 8.81. The lowest BCUT2D eigenvalue weighted by molar-refractivity contribution is -0.122. The van der Waals surface area contributed by atoms with Crippen molar-refractivity contribution in [2.45, 2.75) is 58.6 Å². The lowest BCUT2D eigenvalue weighted by Gasteiger charge is -2.22. The highest BCUT2D eigenvalue weighted by atomic mass is 35.5. The molecule has 1 aromatic carbocycles. The van der Waals surface area contributed by atoms with E-state index in [0.29, 0.717) is 12.3 Å². The predicted octanol–water partition coefficient (Wildman–Crippen LogP) is 3.85. The third-order valence-corrected chi connectivity index (χ3v) is 4.35. The Bertz CT molecular complexity index is 502. The number of carbonyl (C=O) groups excluding carboxylic acids is 1. The number of rotatable bonds is 7. The SMILES string of the molecule is CC(C)Oc1cccc(C(C)NC(=O)CCC2CCNCC2)c1.Cl. The summed E-state index contributed by atoms with van der Waals surface area (Å²) in [7, 11) is 0. The fourth-order valence-corrected chi connectivity index (χ4v) is 3.03. The lowest BCUT2D eigenvalue weighted by atomic mass is 9.93. The van der Waals surface area contributed by atoms with E-state index >= 15 is 0 Å². The maximum atomic E-state index is 12.2. The number of ether oxygens (including phenoxy) is 1. The molecule has 1 unspecified atom stereocenters. The monoisotopic (exact) mass is 354 g/mol. The maximum Gasteiger partial charge on any atom is 0.220 e. The predicted molar refractivity (Wildman–Crippen MR) is 101 cm³/mol. The molecular formula is C19H31ClN2O2. The summed E-state index contributed by atoms with van der Waals surface area (Å²) in [5.74, 6) is 1.69. The average molecular weight is 355 g/mol. The van der Waals surface area contributed by atoms with Crippen LogP contribution < -0.4 is 15.4 Å². The smallest absolute Gasteiger partial charge is 0.220 e. The highest BCUT2D eigenvalue weighted by Crippen LogP contribution is 2.21. The van der Waals surface area contributed by atoms with Gasteiger partial charge in [0.1, 0.15) is 5.75 Å². The van der Waals surface area contributed by atoms with E-state index in [1.165, 1.54) is 12.8 Å². The van der Waals surface area contributed by atoms with Crippen molar-refractivity contribution < 1.29 is 9.53 Å². The molecule has 1 aliphatic rings. The van der Waals surface area contributed by atoms with E-state index in [4.69, 9.17) is 4.74 Å². The van der Waals surface area contributed by atoms with E-state index in [-0.39, 0.29) is 30.5 Å². The molecule has 1 heterocycles. The van der Waals surface area contributed by atoms with Gasteiger partial charge in [-0.1, -0.05) is 12.1 Å². The summed E-state index contributed by atoms with van der Waals surface area (Å²) in [6.45, 7) is 8.23. The minimum Gasteiger partial charge on any atom is -0.491 e. The number of nitrogens with one attached hydrogen (secondary N) is 2. The van der Waals surface area contributed by atoms with E-state index < -0.39 is 0 Å². The van der Waals surface area contributed by atoms with Crippen LogP contribution in [0, 0.1) is 5.92 Å². The van der Waals surface area contributed by atoms with Gasteiger partial charge in [0.25, 0.3) is 0 Å². The zero-order chi connectivity index (χ0) is 16.7. The Morgan fingerprint density at radius 2 is 2.00 bits per heavy atom. The average Bonchev–Trinajstić information content (AvgIpc) is 2.53. The molecule has 1 atom stereocenters. The number of benzene rings is 1. The van der Waals surface area contributed by atoms with Gasteiger partial charge in [-0.05, 0) is 76.7 Å². The molecule has 136 valence electrons. The van der Waals surface area contributed by atoms with Gasteiger partial charge in [0, 0.05) is 6.42 Å². The van der Waals surface area contributed by atoms with Crippen LogP contribution in [-0.2, 0) is 4.79 Å². The summed E-state index contributed by atoms with van der Waals surface area (Å²) >= 11 is 0. The van der Waals surface area contributed by atoms with Gasteiger partial charge >= 0.3 is 0 Å². The minimum atomic E-state index is 0. The Labute approximate surface area is 152 Å². The van der Waals surface area contributed by atoms with E-state index in [9.17, 15) is 4.79 Å². The fourth-order valence-electron chi connectivity index (χ4n) is 3.03. The number of hydrogen-bond donors (Lipinski definition) is 2. The van der Waals surface area contributed by atoms with Crippen molar-refractivity contribution in [3.8, 4) is 5.75 Å². The van der Waals surface area contributed by atoms with Crippen molar-refractivity contribution in [2.24, 2.45) is 5.92 Å². The highest BCUT2D eigenvalue weighted by Gasteiger charge is 2.16. The zero-order valence-electron chi connectivity index (χ0n) is 15.0. The van der Waals surface area contributed by atoms with E-state index in [1.54, 1.807) is 0 Å². The normalized spacial score (nSPS) is 16.3. The highest BCUT2D eigenvalue weighted by molar-refractivity contribution is 5.85. The van der Waals surface area contributed by atoms with Crippen molar-refractivity contribution >= 4 is 18.3 Å². The first kappa shape index (κ1) is 20.8. The third-order valence-electron chi connectivity index (χ3n) is 4.35. The Hall–Kier alpha value is -1.26. The molecule has 0 saturated carbocycles. The molecule has 5 heteroatoms. The lowest BCUT2D eigenvalue weighted by Crippen LogP contribution is -2.30. The molecule has 1 saturated heterocycles. The zero-order valence-corrected chi connectivity index (χ0v) is 15.8. The topological polar surface area (TPSA) is 50.4 Å². The van der Waals surface area contributed by atoms with Gasteiger partial charge in [-0.2, -0.15) is 0 Å². The molecular weight excluding hydrogens is 324 g/mol. The van der Waals surface area contributed by atoms with Crippen LogP contribution >= 0.6 is 12.4 Å². The van der Waals surface area contributed by atoms with Crippen molar-refractivity contribution in [2.75, 3.05) is 13.1 Å². The molecule has 1 fully saturated rings. The van der Waals surface area contributed by atoms with Gasteiger partial charge in [-0.3, -0.25) is 4.79 Å². The molecule has 1 amide bonds. The van der Waals surface area contributed by atoms with E-state index in [2.05, 4.69) is 10.6 Å². The number of halogens is 1. The van der Waals surface area contributed by atoms with Crippen molar-refractivity contribution in [1.82, 2.24) is 10.6 Å². The van der Waals surface area contributed by atoms with Crippen LogP contribution in [0.5, 0.6) is 5.75 Å². The minimum absolute atomic E-state index is 0. The maximum absolute atomic E-state index is 12.2. The molecule has 0 aliphatic carbocycles. The Balaban J connectivity index is 0.00000288. The van der Waals surface area contributed by atoms with Gasteiger partial charge < -0.3 is 15.4 Å². The van der Waals surface area contributed by atoms with E-state index in [0.717, 1.165) is 30.8 Å². The van der Waals surface area contributed by atoms with E-state index in [1.807, 2.05) is 45.0 Å². The molecule has 1 aliphatic heterocycles. The largest absolute Gasteiger partial charge is 0.491 e. The molecule has 1 aromatic rings. The van der Waals surface area contributed by atoms with Gasteiger partial charge in [0.15, 0.2) is 0 Å². The first-order valence-corrected chi connectivity index (χ1v) is 8.81. The summed E-state index contributed by atoms with van der Waals surface area (Å²) in [4.78, 5) is 12.2. The number of piperidine rings is 1. The Kier molecular flexibility index (Phi) is 9.16.